The smallest absolute Gasteiger partial charge is 0.449 e. The molecule has 0 atom stereocenters. The molecule has 0 radical (unpaired) electrons. The van der Waals surface area contributed by atoms with Gasteiger partial charge in [0.2, 0.25) is 0 Å². The Morgan fingerprint density at radius 3 is 2.42 bits per heavy atom. The van der Waals surface area contributed by atoms with Crippen molar-refractivity contribution in [2.45, 2.75) is 6.54 Å². The summed E-state index contributed by atoms with van der Waals surface area (Å²) in [6, 6.07) is 10.2. The summed E-state index contributed by atoms with van der Waals surface area (Å²) < 4.78 is 6.07. The van der Waals surface area contributed by atoms with E-state index >= 15 is 0 Å². The first kappa shape index (κ1) is 17.0. The molecule has 1 aromatic heterocycles. The highest BCUT2D eigenvalue weighted by Gasteiger charge is 2.28. The lowest BCUT2D eigenvalue weighted by Gasteiger charge is -2.31. The third-order valence-electron chi connectivity index (χ3n) is 3.79. The Morgan fingerprint density at radius 2 is 1.73 bits per heavy atom. The molecule has 7 nitrogen and oxygen atoms in total. The third kappa shape index (κ3) is 2.94. The number of benzene rings is 2. The Morgan fingerprint density at radius 1 is 1.04 bits per heavy atom. The first-order valence-electron chi connectivity index (χ1n) is 7.31. The van der Waals surface area contributed by atoms with Crippen LogP contribution in [0, 0.1) is 0 Å². The molecule has 132 valence electrons. The second-order valence-corrected chi connectivity index (χ2v) is 6.69. The average Bonchev–Trinajstić information content (AvgIpc) is 2.96. The molecule has 4 rings (SSSR count). The average molecular weight is 412 g/mol. The minimum Gasteiger partial charge on any atom is -0.449 e. The summed E-state index contributed by atoms with van der Waals surface area (Å²) >= 11 is 18.5. The van der Waals surface area contributed by atoms with Gasteiger partial charge in [0.1, 0.15) is 0 Å². The predicted octanol–water partition coefficient (Wildman–Crippen LogP) is 4.94. The van der Waals surface area contributed by atoms with E-state index in [9.17, 15) is 4.79 Å². The van der Waals surface area contributed by atoms with Gasteiger partial charge in [0, 0.05) is 10.0 Å². The molecule has 0 spiro atoms. The Labute approximate surface area is 162 Å². The first-order chi connectivity index (χ1) is 12.4. The van der Waals surface area contributed by atoms with Crippen LogP contribution in [0.1, 0.15) is 5.82 Å². The number of hydrogen-bond donors (Lipinski definition) is 1. The quantitative estimate of drug-likeness (QED) is 0.602. The van der Waals surface area contributed by atoms with Crippen LogP contribution in [0.25, 0.3) is 5.69 Å². The fourth-order valence-corrected chi connectivity index (χ4v) is 3.45. The molecule has 0 bridgehead atoms. The van der Waals surface area contributed by atoms with Crippen molar-refractivity contribution in [1.29, 1.82) is 0 Å². The first-order valence-corrected chi connectivity index (χ1v) is 8.45. The van der Waals surface area contributed by atoms with E-state index in [4.69, 9.17) is 39.9 Å². The highest BCUT2D eigenvalue weighted by Crippen LogP contribution is 2.41. The SMILES string of the molecule is O=C(O)Oc1nc2n(n1)-c1cc(Cl)ccc1N(c1ccc(Cl)cc1Cl)C2. The standard InChI is InChI=1S/C16H9Cl3N4O3/c17-8-1-3-11(10(19)5-8)22-7-14-20-15(26-16(24)25)21-23(14)13-6-9(18)2-4-12(13)22/h1-6H,7H2,(H,24,25). The van der Waals surface area contributed by atoms with Gasteiger partial charge in [-0.05, 0) is 36.4 Å². The van der Waals surface area contributed by atoms with Crippen LogP contribution in [-0.4, -0.2) is 26.0 Å². The number of fused-ring (bicyclic) bond motifs is 3. The third-order valence-corrected chi connectivity index (χ3v) is 4.56. The summed E-state index contributed by atoms with van der Waals surface area (Å²) in [5, 5.41) is 14.4. The molecule has 10 heteroatoms. The maximum atomic E-state index is 10.8. The van der Waals surface area contributed by atoms with Crippen molar-refractivity contribution < 1.29 is 14.6 Å². The zero-order chi connectivity index (χ0) is 18.4. The van der Waals surface area contributed by atoms with Gasteiger partial charge >= 0.3 is 12.2 Å². The van der Waals surface area contributed by atoms with E-state index in [1.807, 2.05) is 11.0 Å². The summed E-state index contributed by atoms with van der Waals surface area (Å²) in [6.45, 7) is 0.298. The van der Waals surface area contributed by atoms with Crippen molar-refractivity contribution in [3.63, 3.8) is 0 Å². The van der Waals surface area contributed by atoms with Gasteiger partial charge in [-0.2, -0.15) is 4.98 Å². The zero-order valence-corrected chi connectivity index (χ0v) is 15.1. The number of carbonyl (C=O) groups is 1. The number of nitrogens with zero attached hydrogens (tertiary/aromatic N) is 4. The number of anilines is 2. The van der Waals surface area contributed by atoms with Crippen LogP contribution in [-0.2, 0) is 6.54 Å². The van der Waals surface area contributed by atoms with E-state index < -0.39 is 6.16 Å². The molecule has 0 amide bonds. The minimum atomic E-state index is -1.49. The normalized spacial score (nSPS) is 12.5. The molecule has 1 N–H and O–H groups in total. The molecule has 0 fully saturated rings. The Bertz CT molecular complexity index is 1040. The molecule has 26 heavy (non-hydrogen) atoms. The van der Waals surface area contributed by atoms with Gasteiger partial charge in [0.05, 0.1) is 28.6 Å². The molecule has 1 aliphatic rings. The van der Waals surface area contributed by atoms with E-state index in [-0.39, 0.29) is 6.01 Å². The molecule has 2 aromatic carbocycles. The number of halogens is 3. The number of carboxylic acid groups (broad SMARTS) is 1. The van der Waals surface area contributed by atoms with Crippen LogP contribution < -0.4 is 9.64 Å². The number of hydrogen-bond acceptors (Lipinski definition) is 5. The summed E-state index contributed by atoms with van der Waals surface area (Å²) in [7, 11) is 0. The molecule has 2 heterocycles. The van der Waals surface area contributed by atoms with Gasteiger partial charge in [-0.25, -0.2) is 9.48 Å². The summed E-state index contributed by atoms with van der Waals surface area (Å²) in [5.41, 5.74) is 2.12. The molecular formula is C16H9Cl3N4O3. The second kappa shape index (κ2) is 6.35. The minimum absolute atomic E-state index is 0.262. The number of rotatable bonds is 2. The van der Waals surface area contributed by atoms with Crippen LogP contribution in [0.3, 0.4) is 0 Å². The van der Waals surface area contributed by atoms with Crippen LogP contribution in [0.2, 0.25) is 15.1 Å². The molecule has 3 aromatic rings. The van der Waals surface area contributed by atoms with Crippen molar-refractivity contribution >= 4 is 52.3 Å². The fourth-order valence-electron chi connectivity index (χ4n) is 2.78. The Hall–Kier alpha value is -2.48. The summed E-state index contributed by atoms with van der Waals surface area (Å²) in [4.78, 5) is 16.8. The van der Waals surface area contributed by atoms with Crippen LogP contribution in [0.5, 0.6) is 6.01 Å². The van der Waals surface area contributed by atoms with Crippen molar-refractivity contribution in [3.05, 3.63) is 57.3 Å². The highest BCUT2D eigenvalue weighted by molar-refractivity contribution is 6.36. The molecule has 0 saturated heterocycles. The van der Waals surface area contributed by atoms with E-state index in [1.165, 1.54) is 4.68 Å². The predicted molar refractivity (Wildman–Crippen MR) is 97.3 cm³/mol. The Kier molecular flexibility index (Phi) is 4.14. The monoisotopic (exact) mass is 410 g/mol. The lowest BCUT2D eigenvalue weighted by molar-refractivity contribution is 0.140. The molecule has 0 aliphatic carbocycles. The van der Waals surface area contributed by atoms with Gasteiger partial charge in [0.15, 0.2) is 5.82 Å². The molecule has 0 saturated carbocycles. The van der Waals surface area contributed by atoms with Gasteiger partial charge < -0.3 is 14.7 Å². The van der Waals surface area contributed by atoms with Crippen molar-refractivity contribution in [2.75, 3.05) is 4.90 Å². The van der Waals surface area contributed by atoms with Gasteiger partial charge in [-0.15, -0.1) is 5.10 Å². The highest BCUT2D eigenvalue weighted by atomic mass is 35.5. The largest absolute Gasteiger partial charge is 0.513 e. The van der Waals surface area contributed by atoms with Gasteiger partial charge in [-0.1, -0.05) is 34.8 Å². The fraction of sp³-hybridized carbons (Fsp3) is 0.0625. The van der Waals surface area contributed by atoms with Crippen LogP contribution in [0.4, 0.5) is 16.2 Å². The molecular weight excluding hydrogens is 403 g/mol. The lowest BCUT2D eigenvalue weighted by atomic mass is 10.1. The molecule has 0 unspecified atom stereocenters. The van der Waals surface area contributed by atoms with E-state index in [0.717, 1.165) is 11.4 Å². The zero-order valence-electron chi connectivity index (χ0n) is 12.9. The summed E-state index contributed by atoms with van der Waals surface area (Å²) in [6.07, 6.45) is -1.49. The van der Waals surface area contributed by atoms with Crippen molar-refractivity contribution in [2.24, 2.45) is 0 Å². The van der Waals surface area contributed by atoms with E-state index in [2.05, 4.69) is 14.8 Å². The van der Waals surface area contributed by atoms with Crippen molar-refractivity contribution in [1.82, 2.24) is 14.8 Å². The van der Waals surface area contributed by atoms with Crippen LogP contribution in [0.15, 0.2) is 36.4 Å². The van der Waals surface area contributed by atoms with Gasteiger partial charge in [-0.3, -0.25) is 0 Å². The number of aromatic nitrogens is 3. The molecule has 1 aliphatic heterocycles. The van der Waals surface area contributed by atoms with Crippen molar-refractivity contribution in [3.8, 4) is 11.7 Å². The lowest BCUT2D eigenvalue weighted by Crippen LogP contribution is -2.26. The van der Waals surface area contributed by atoms with Crippen LogP contribution >= 0.6 is 34.8 Å². The second-order valence-electron chi connectivity index (χ2n) is 5.41. The maximum Gasteiger partial charge on any atom is 0.513 e. The summed E-state index contributed by atoms with van der Waals surface area (Å²) in [5.74, 6) is 0.474. The van der Waals surface area contributed by atoms with Gasteiger partial charge in [0.25, 0.3) is 0 Å². The maximum absolute atomic E-state index is 10.8. The Balaban J connectivity index is 1.87. The van der Waals surface area contributed by atoms with E-state index in [0.29, 0.717) is 33.1 Å². The number of ether oxygens (including phenoxy) is 1. The van der Waals surface area contributed by atoms with E-state index in [1.54, 1.807) is 30.3 Å². The topological polar surface area (TPSA) is 80.5 Å².